The number of hydrogen-bond acceptors (Lipinski definition) is 5. The van der Waals surface area contributed by atoms with Gasteiger partial charge in [0.2, 0.25) is 5.75 Å². The molecule has 0 saturated carbocycles. The van der Waals surface area contributed by atoms with Crippen molar-refractivity contribution in [1.82, 2.24) is 0 Å². The molecule has 0 aromatic heterocycles. The molecule has 0 spiro atoms. The second-order valence-electron chi connectivity index (χ2n) is 7.42. The summed E-state index contributed by atoms with van der Waals surface area (Å²) in [5.74, 6) is 2.23. The predicted molar refractivity (Wildman–Crippen MR) is 113 cm³/mol. The summed E-state index contributed by atoms with van der Waals surface area (Å²) in [5, 5.41) is 10.6. The van der Waals surface area contributed by atoms with Gasteiger partial charge in [-0.25, -0.2) is 0 Å². The number of benzene rings is 2. The van der Waals surface area contributed by atoms with Crippen molar-refractivity contribution in [3.8, 4) is 34.1 Å². The molecule has 0 aliphatic heterocycles. The number of carbonyl (C=O) groups excluding carboxylic acids is 1. The fourth-order valence-corrected chi connectivity index (χ4v) is 3.81. The summed E-state index contributed by atoms with van der Waals surface area (Å²) in [6.45, 7) is 2.63. The first kappa shape index (κ1) is 21.0. The second kappa shape index (κ2) is 9.68. The Kier molecular flexibility index (Phi) is 7.02. The van der Waals surface area contributed by atoms with E-state index in [4.69, 9.17) is 14.2 Å². The third-order valence-electron chi connectivity index (χ3n) is 5.32. The van der Waals surface area contributed by atoms with E-state index in [2.05, 4.69) is 6.92 Å². The van der Waals surface area contributed by atoms with E-state index in [0.717, 1.165) is 42.4 Å². The minimum absolute atomic E-state index is 0.170. The fourth-order valence-electron chi connectivity index (χ4n) is 3.81. The van der Waals surface area contributed by atoms with E-state index in [1.54, 1.807) is 20.3 Å². The molecule has 0 radical (unpaired) electrons. The first-order valence-electron chi connectivity index (χ1n) is 10.3. The molecule has 0 atom stereocenters. The fraction of sp³-hybridized carbons (Fsp3) is 0.458. The van der Waals surface area contributed by atoms with Gasteiger partial charge < -0.3 is 19.3 Å². The Morgan fingerprint density at radius 2 is 1.66 bits per heavy atom. The molecule has 5 heteroatoms. The number of phenols is 1. The highest BCUT2D eigenvalue weighted by atomic mass is 16.5. The molecular formula is C24H30O5. The molecule has 156 valence electrons. The highest BCUT2D eigenvalue weighted by molar-refractivity contribution is 5.82. The van der Waals surface area contributed by atoms with Crippen LogP contribution in [0.1, 0.15) is 50.2 Å². The van der Waals surface area contributed by atoms with Crippen LogP contribution in [-0.2, 0) is 17.6 Å². The maximum atomic E-state index is 12.2. The molecule has 1 N–H and O–H groups in total. The third-order valence-corrected chi connectivity index (χ3v) is 5.32. The normalized spacial score (nSPS) is 14.4. The van der Waals surface area contributed by atoms with Crippen molar-refractivity contribution in [2.45, 2.75) is 51.9 Å². The number of ketones is 1. The molecule has 4 bridgehead atoms. The first-order chi connectivity index (χ1) is 14.1. The van der Waals surface area contributed by atoms with Crippen LogP contribution >= 0.6 is 0 Å². The van der Waals surface area contributed by atoms with Crippen molar-refractivity contribution >= 4 is 5.78 Å². The summed E-state index contributed by atoms with van der Waals surface area (Å²) in [6.07, 6.45) is 5.15. The number of aryl methyl sites for hydroxylation is 2. The van der Waals surface area contributed by atoms with Crippen molar-refractivity contribution in [2.24, 2.45) is 0 Å². The van der Waals surface area contributed by atoms with Crippen molar-refractivity contribution in [1.29, 1.82) is 0 Å². The van der Waals surface area contributed by atoms with Gasteiger partial charge in [-0.3, -0.25) is 4.79 Å². The zero-order chi connectivity index (χ0) is 20.8. The van der Waals surface area contributed by atoms with Gasteiger partial charge in [0.1, 0.15) is 11.5 Å². The molecule has 2 aromatic rings. The minimum Gasteiger partial charge on any atom is -0.507 e. The third kappa shape index (κ3) is 4.66. The second-order valence-corrected chi connectivity index (χ2v) is 7.42. The molecule has 0 saturated heterocycles. The number of hydrogen-bond donors (Lipinski definition) is 1. The highest BCUT2D eigenvalue weighted by Crippen LogP contribution is 2.49. The van der Waals surface area contributed by atoms with E-state index < -0.39 is 0 Å². The average Bonchev–Trinajstić information content (AvgIpc) is 2.74. The van der Waals surface area contributed by atoms with Gasteiger partial charge >= 0.3 is 0 Å². The average molecular weight is 398 g/mol. The zero-order valence-corrected chi connectivity index (χ0v) is 17.5. The summed E-state index contributed by atoms with van der Waals surface area (Å²) in [5.41, 5.74) is 3.46. The summed E-state index contributed by atoms with van der Waals surface area (Å²) in [7, 11) is 3.20. The van der Waals surface area contributed by atoms with E-state index in [-0.39, 0.29) is 11.5 Å². The summed E-state index contributed by atoms with van der Waals surface area (Å²) < 4.78 is 17.5. The van der Waals surface area contributed by atoms with Crippen LogP contribution in [0.2, 0.25) is 0 Å². The molecule has 1 aliphatic carbocycles. The van der Waals surface area contributed by atoms with E-state index in [0.29, 0.717) is 48.7 Å². The van der Waals surface area contributed by atoms with Gasteiger partial charge in [-0.2, -0.15) is 0 Å². The van der Waals surface area contributed by atoms with Crippen LogP contribution < -0.4 is 14.2 Å². The van der Waals surface area contributed by atoms with Crippen molar-refractivity contribution < 1.29 is 24.1 Å². The maximum absolute atomic E-state index is 12.2. The summed E-state index contributed by atoms with van der Waals surface area (Å²) >= 11 is 0. The first-order valence-corrected chi connectivity index (χ1v) is 10.3. The van der Waals surface area contributed by atoms with Crippen LogP contribution in [0, 0.1) is 0 Å². The van der Waals surface area contributed by atoms with Crippen molar-refractivity contribution in [3.63, 3.8) is 0 Å². The molecule has 0 heterocycles. The van der Waals surface area contributed by atoms with Crippen molar-refractivity contribution in [2.75, 3.05) is 20.8 Å². The van der Waals surface area contributed by atoms with Crippen LogP contribution in [0.25, 0.3) is 11.1 Å². The van der Waals surface area contributed by atoms with Crippen LogP contribution in [0.5, 0.6) is 23.0 Å². The predicted octanol–water partition coefficient (Wildman–Crippen LogP) is 5.09. The summed E-state index contributed by atoms with van der Waals surface area (Å²) in [6, 6.07) is 7.52. The molecule has 2 aromatic carbocycles. The maximum Gasteiger partial charge on any atom is 0.204 e. The Balaban J connectivity index is 2.23. The van der Waals surface area contributed by atoms with Gasteiger partial charge in [-0.15, -0.1) is 0 Å². The van der Waals surface area contributed by atoms with E-state index >= 15 is 0 Å². The number of aromatic hydroxyl groups is 1. The standard InChI is InChI=1S/C24H30O5/c1-4-13-29-22-17-7-5-6-8-18(25)11-9-16-10-12-21(26)19(14-16)20(15-17)23(27-2)24(22)28-3/h10,12,14-15,26H,4-9,11,13H2,1-3H3. The Morgan fingerprint density at radius 1 is 0.897 bits per heavy atom. The molecule has 0 fully saturated rings. The molecule has 29 heavy (non-hydrogen) atoms. The monoisotopic (exact) mass is 398 g/mol. The number of carbonyl (C=O) groups is 1. The number of phenolic OH excluding ortho intramolecular Hbond substituents is 1. The Hall–Kier alpha value is -2.69. The molecule has 0 amide bonds. The Labute approximate surface area is 172 Å². The van der Waals surface area contributed by atoms with Gasteiger partial charge in [0, 0.05) is 24.0 Å². The van der Waals surface area contributed by atoms with Crippen LogP contribution in [-0.4, -0.2) is 31.7 Å². The number of rotatable bonds is 5. The molecular weight excluding hydrogens is 368 g/mol. The topological polar surface area (TPSA) is 65.0 Å². The lowest BCUT2D eigenvalue weighted by Gasteiger charge is -2.21. The lowest BCUT2D eigenvalue weighted by Crippen LogP contribution is -2.05. The van der Waals surface area contributed by atoms with Gasteiger partial charge in [0.05, 0.1) is 20.8 Å². The lowest BCUT2D eigenvalue weighted by atomic mass is 9.95. The smallest absolute Gasteiger partial charge is 0.204 e. The van der Waals surface area contributed by atoms with Gasteiger partial charge in [-0.05, 0) is 61.4 Å². The molecule has 0 unspecified atom stereocenters. The van der Waals surface area contributed by atoms with Crippen LogP contribution in [0.4, 0.5) is 0 Å². The van der Waals surface area contributed by atoms with E-state index in [9.17, 15) is 9.90 Å². The molecule has 1 aliphatic rings. The quantitative estimate of drug-likeness (QED) is 0.760. The largest absolute Gasteiger partial charge is 0.507 e. The Morgan fingerprint density at radius 3 is 2.38 bits per heavy atom. The lowest BCUT2D eigenvalue weighted by molar-refractivity contribution is -0.119. The summed E-state index contributed by atoms with van der Waals surface area (Å²) in [4.78, 5) is 12.2. The van der Waals surface area contributed by atoms with E-state index in [1.165, 1.54) is 0 Å². The van der Waals surface area contributed by atoms with E-state index in [1.807, 2.05) is 18.2 Å². The zero-order valence-electron chi connectivity index (χ0n) is 17.5. The van der Waals surface area contributed by atoms with Crippen LogP contribution in [0.15, 0.2) is 24.3 Å². The number of methoxy groups -OCH3 is 2. The SMILES string of the molecule is CCCOc1c2cc(c(OC)c1OC)-c1cc(ccc1O)CCC(=O)CCCC2. The molecule has 3 rings (SSSR count). The minimum atomic E-state index is 0.170. The van der Waals surface area contributed by atoms with Gasteiger partial charge in [-0.1, -0.05) is 13.0 Å². The van der Waals surface area contributed by atoms with Crippen LogP contribution in [0.3, 0.4) is 0 Å². The van der Waals surface area contributed by atoms with Gasteiger partial charge in [0.25, 0.3) is 0 Å². The Bertz CT molecular complexity index is 872. The van der Waals surface area contributed by atoms with Crippen molar-refractivity contribution in [3.05, 3.63) is 35.4 Å². The molecule has 5 nitrogen and oxygen atoms in total. The number of ether oxygens (including phenoxy) is 3. The number of fused-ring (bicyclic) bond motifs is 5. The number of Topliss-reactive ketones (excluding diaryl/α,β-unsaturated/α-hetero) is 1. The van der Waals surface area contributed by atoms with Gasteiger partial charge in [0.15, 0.2) is 11.5 Å². The highest BCUT2D eigenvalue weighted by Gasteiger charge is 2.24.